The van der Waals surface area contributed by atoms with E-state index in [-0.39, 0.29) is 30.0 Å². The first-order valence-electron chi connectivity index (χ1n) is 13.7. The summed E-state index contributed by atoms with van der Waals surface area (Å²) in [7, 11) is 3.51. The number of carbonyl (C=O) groups excluding carboxylic acids is 1. The molecule has 0 aromatic carbocycles. The Balaban J connectivity index is 1.35. The molecule has 0 radical (unpaired) electrons. The Morgan fingerprint density at radius 2 is 1.74 bits per heavy atom. The summed E-state index contributed by atoms with van der Waals surface area (Å²) in [5.74, 6) is 2.68. The lowest BCUT2D eigenvalue weighted by Gasteiger charge is -2.42. The van der Waals surface area contributed by atoms with Crippen molar-refractivity contribution < 1.29 is 18.7 Å². The fraction of sp³-hybridized carbons (Fsp3) is 0.923. The lowest BCUT2D eigenvalue weighted by molar-refractivity contribution is -0.128. The zero-order valence-electron chi connectivity index (χ0n) is 21.7. The van der Waals surface area contributed by atoms with Crippen LogP contribution in [0.25, 0.3) is 0 Å². The molecule has 1 amide bonds. The SMILES string of the molecule is COC1CC(CNC(=O)C2CC(CNC3=NCCN3)CC(C3CNC(F)C(C)C3)C2)CC(OC)C1. The number of methoxy groups -OCH3 is 2. The molecule has 3 fully saturated rings. The zero-order valence-corrected chi connectivity index (χ0v) is 21.7. The van der Waals surface area contributed by atoms with Gasteiger partial charge in [-0.1, -0.05) is 6.92 Å². The van der Waals surface area contributed by atoms with E-state index in [0.717, 1.165) is 70.5 Å². The number of guanidine groups is 1. The van der Waals surface area contributed by atoms with Gasteiger partial charge in [0.1, 0.15) is 0 Å². The molecule has 35 heavy (non-hydrogen) atoms. The number of aliphatic imine (C=N–C) groups is 1. The van der Waals surface area contributed by atoms with E-state index < -0.39 is 6.30 Å². The smallest absolute Gasteiger partial charge is 0.223 e. The van der Waals surface area contributed by atoms with E-state index >= 15 is 0 Å². The molecule has 0 aromatic heterocycles. The minimum Gasteiger partial charge on any atom is -0.381 e. The summed E-state index contributed by atoms with van der Waals surface area (Å²) in [6, 6.07) is 0. The van der Waals surface area contributed by atoms with Gasteiger partial charge in [-0.2, -0.15) is 0 Å². The third-order valence-corrected chi connectivity index (χ3v) is 8.81. The number of nitrogens with one attached hydrogen (secondary N) is 4. The number of rotatable bonds is 8. The standard InChI is InChI=1S/C26H46FN5O3/c1-16-6-21(15-30-24(16)27)19-7-17(14-32-26-28-4-5-29-26)8-20(11-19)25(33)31-13-18-9-22(34-2)12-23(10-18)35-3/h16-24,30H,4-15H2,1-3H3,(H,31,33)(H2,28,29,32). The molecule has 4 aliphatic rings. The van der Waals surface area contributed by atoms with Gasteiger partial charge in [-0.15, -0.1) is 0 Å². The van der Waals surface area contributed by atoms with E-state index in [0.29, 0.717) is 36.8 Å². The largest absolute Gasteiger partial charge is 0.381 e. The van der Waals surface area contributed by atoms with E-state index in [1.807, 2.05) is 6.92 Å². The first-order chi connectivity index (χ1) is 16.9. The molecule has 2 saturated carbocycles. The lowest BCUT2D eigenvalue weighted by Crippen LogP contribution is -2.48. The lowest BCUT2D eigenvalue weighted by atomic mass is 9.67. The molecule has 8 nitrogen and oxygen atoms in total. The predicted octanol–water partition coefficient (Wildman–Crippen LogP) is 2.06. The number of piperidine rings is 1. The Morgan fingerprint density at radius 3 is 2.40 bits per heavy atom. The molecule has 8 unspecified atom stereocenters. The number of ether oxygens (including phenoxy) is 2. The third-order valence-electron chi connectivity index (χ3n) is 8.81. The number of hydrogen-bond acceptors (Lipinski definition) is 7. The van der Waals surface area contributed by atoms with Crippen LogP contribution in [0.2, 0.25) is 0 Å². The molecule has 2 aliphatic heterocycles. The van der Waals surface area contributed by atoms with E-state index in [2.05, 4.69) is 26.3 Å². The van der Waals surface area contributed by atoms with Crippen molar-refractivity contribution in [3.8, 4) is 0 Å². The molecule has 0 bridgehead atoms. The van der Waals surface area contributed by atoms with Crippen LogP contribution in [0.15, 0.2) is 4.99 Å². The molecule has 1 saturated heterocycles. The van der Waals surface area contributed by atoms with Crippen molar-refractivity contribution in [2.45, 2.75) is 70.4 Å². The first kappa shape index (κ1) is 26.6. The van der Waals surface area contributed by atoms with Crippen LogP contribution < -0.4 is 21.3 Å². The van der Waals surface area contributed by atoms with Gasteiger partial charge in [0, 0.05) is 52.2 Å². The molecule has 2 heterocycles. The predicted molar refractivity (Wildman–Crippen MR) is 135 cm³/mol. The summed E-state index contributed by atoms with van der Waals surface area (Å²) >= 11 is 0. The van der Waals surface area contributed by atoms with Crippen molar-refractivity contribution in [2.24, 2.45) is 40.5 Å². The molecule has 0 spiro atoms. The van der Waals surface area contributed by atoms with Crippen molar-refractivity contribution in [1.82, 2.24) is 21.3 Å². The van der Waals surface area contributed by atoms with Gasteiger partial charge in [0.2, 0.25) is 5.91 Å². The highest BCUT2D eigenvalue weighted by Gasteiger charge is 2.39. The van der Waals surface area contributed by atoms with Gasteiger partial charge in [0.05, 0.1) is 18.8 Å². The fourth-order valence-corrected chi connectivity index (χ4v) is 6.78. The van der Waals surface area contributed by atoms with Gasteiger partial charge in [0.15, 0.2) is 12.3 Å². The number of alkyl halides is 1. The quantitative estimate of drug-likeness (QED) is 0.385. The van der Waals surface area contributed by atoms with Crippen molar-refractivity contribution in [1.29, 1.82) is 0 Å². The monoisotopic (exact) mass is 495 g/mol. The van der Waals surface area contributed by atoms with Gasteiger partial charge >= 0.3 is 0 Å². The Bertz CT molecular complexity index is 713. The number of halogens is 1. The molecule has 200 valence electrons. The van der Waals surface area contributed by atoms with Crippen LogP contribution in [0.5, 0.6) is 0 Å². The van der Waals surface area contributed by atoms with E-state index in [9.17, 15) is 9.18 Å². The van der Waals surface area contributed by atoms with Gasteiger partial charge in [-0.25, -0.2) is 4.39 Å². The molecular weight excluding hydrogens is 449 g/mol. The molecule has 0 aromatic rings. The second-order valence-electron chi connectivity index (χ2n) is 11.4. The highest BCUT2D eigenvalue weighted by Crippen LogP contribution is 2.41. The number of carbonyl (C=O) groups is 1. The highest BCUT2D eigenvalue weighted by molar-refractivity contribution is 5.81. The highest BCUT2D eigenvalue weighted by atomic mass is 19.1. The summed E-state index contributed by atoms with van der Waals surface area (Å²) in [6.07, 6.45) is 6.05. The van der Waals surface area contributed by atoms with Crippen LogP contribution in [0.1, 0.15) is 51.9 Å². The first-order valence-corrected chi connectivity index (χ1v) is 13.7. The molecule has 9 heteroatoms. The van der Waals surface area contributed by atoms with Gasteiger partial charge in [0.25, 0.3) is 0 Å². The van der Waals surface area contributed by atoms with Gasteiger partial charge < -0.3 is 25.4 Å². The molecular formula is C26H46FN5O3. The Hall–Kier alpha value is -1.45. The number of nitrogens with zero attached hydrogens (tertiary/aromatic N) is 1. The zero-order chi connectivity index (χ0) is 24.8. The second-order valence-corrected chi connectivity index (χ2v) is 11.4. The number of amides is 1. The van der Waals surface area contributed by atoms with E-state index in [1.165, 1.54) is 0 Å². The van der Waals surface area contributed by atoms with Crippen molar-refractivity contribution in [3.05, 3.63) is 0 Å². The van der Waals surface area contributed by atoms with Crippen LogP contribution >= 0.6 is 0 Å². The minimum absolute atomic E-state index is 0.00235. The summed E-state index contributed by atoms with van der Waals surface area (Å²) < 4.78 is 25.3. The number of hydrogen-bond donors (Lipinski definition) is 4. The van der Waals surface area contributed by atoms with Crippen LogP contribution in [-0.4, -0.2) is 77.3 Å². The maximum Gasteiger partial charge on any atom is 0.223 e. The van der Waals surface area contributed by atoms with Gasteiger partial charge in [-0.3, -0.25) is 15.1 Å². The van der Waals surface area contributed by atoms with Crippen LogP contribution in [-0.2, 0) is 14.3 Å². The summed E-state index contributed by atoms with van der Waals surface area (Å²) in [6.45, 7) is 5.88. The van der Waals surface area contributed by atoms with Crippen LogP contribution in [0.3, 0.4) is 0 Å². The van der Waals surface area contributed by atoms with Crippen LogP contribution in [0.4, 0.5) is 4.39 Å². The average Bonchev–Trinajstić information content (AvgIpc) is 3.41. The third kappa shape index (κ3) is 7.29. The topological polar surface area (TPSA) is 96.0 Å². The normalized spacial score (nSPS) is 40.0. The molecule has 2 aliphatic carbocycles. The summed E-state index contributed by atoms with van der Waals surface area (Å²) in [5, 5.41) is 13.1. The molecule has 4 N–H and O–H groups in total. The van der Waals surface area contributed by atoms with Crippen molar-refractivity contribution in [2.75, 3.05) is 46.9 Å². The maximum absolute atomic E-state index is 14.1. The van der Waals surface area contributed by atoms with Crippen molar-refractivity contribution >= 4 is 11.9 Å². The van der Waals surface area contributed by atoms with E-state index in [4.69, 9.17) is 9.47 Å². The van der Waals surface area contributed by atoms with E-state index in [1.54, 1.807) is 14.2 Å². The summed E-state index contributed by atoms with van der Waals surface area (Å²) in [4.78, 5) is 17.8. The molecule has 8 atom stereocenters. The average molecular weight is 496 g/mol. The maximum atomic E-state index is 14.1. The second kappa shape index (κ2) is 12.7. The fourth-order valence-electron chi connectivity index (χ4n) is 6.78. The summed E-state index contributed by atoms with van der Waals surface area (Å²) in [5.41, 5.74) is 0. The molecule has 4 rings (SSSR count). The van der Waals surface area contributed by atoms with Gasteiger partial charge in [-0.05, 0) is 68.6 Å². The Labute approximate surface area is 209 Å². The Morgan fingerprint density at radius 1 is 1.00 bits per heavy atom. The van der Waals surface area contributed by atoms with Crippen LogP contribution in [0, 0.1) is 35.5 Å². The minimum atomic E-state index is -0.916. The Kier molecular flexibility index (Phi) is 9.64. The van der Waals surface area contributed by atoms with Crippen molar-refractivity contribution in [3.63, 3.8) is 0 Å².